The summed E-state index contributed by atoms with van der Waals surface area (Å²) in [6.07, 6.45) is 5.19. The molecule has 0 spiro atoms. The summed E-state index contributed by atoms with van der Waals surface area (Å²) in [6.45, 7) is 0. The Balaban J connectivity index is 2.43. The summed E-state index contributed by atoms with van der Waals surface area (Å²) in [5, 5.41) is 7.80. The van der Waals surface area contributed by atoms with Crippen LogP contribution in [0.4, 0.5) is 0 Å². The van der Waals surface area contributed by atoms with Gasteiger partial charge in [-0.05, 0) is 28.1 Å². The van der Waals surface area contributed by atoms with Gasteiger partial charge in [-0.3, -0.25) is 4.57 Å². The smallest absolute Gasteiger partial charge is 0.160 e. The molecule has 2 aromatic heterocycles. The third kappa shape index (κ3) is 1.35. The van der Waals surface area contributed by atoms with Gasteiger partial charge < -0.3 is 0 Å². The van der Waals surface area contributed by atoms with E-state index in [1.54, 1.807) is 17.1 Å². The quantitative estimate of drug-likeness (QED) is 0.737. The highest BCUT2D eigenvalue weighted by molar-refractivity contribution is 9.10. The van der Waals surface area contributed by atoms with Gasteiger partial charge in [0.25, 0.3) is 0 Å². The first-order valence-electron chi connectivity index (χ1n) is 3.34. The molecule has 0 atom stereocenters. The molecular formula is C7H5BrN4. The molecule has 2 rings (SSSR count). The Hall–Kier alpha value is -1.23. The lowest BCUT2D eigenvalue weighted by Crippen LogP contribution is -1.95. The van der Waals surface area contributed by atoms with Crippen LogP contribution >= 0.6 is 15.9 Å². The fraction of sp³-hybridized carbons (Fsp3) is 0. The van der Waals surface area contributed by atoms with Crippen molar-refractivity contribution in [1.29, 1.82) is 0 Å². The number of nitrogens with zero attached hydrogens (tertiary/aromatic N) is 4. The molecular weight excluding hydrogens is 220 g/mol. The number of hydrogen-bond acceptors (Lipinski definition) is 3. The monoisotopic (exact) mass is 224 g/mol. The summed E-state index contributed by atoms with van der Waals surface area (Å²) < 4.78 is 2.52. The van der Waals surface area contributed by atoms with Crippen LogP contribution in [0.25, 0.3) is 5.82 Å². The van der Waals surface area contributed by atoms with Gasteiger partial charge >= 0.3 is 0 Å². The third-order valence-electron chi connectivity index (χ3n) is 1.39. The maximum Gasteiger partial charge on any atom is 0.160 e. The molecule has 0 aliphatic heterocycles. The summed E-state index contributed by atoms with van der Waals surface area (Å²) in [6, 6.07) is 3.70. The Kier molecular flexibility index (Phi) is 1.87. The van der Waals surface area contributed by atoms with Crippen LogP contribution in [-0.2, 0) is 0 Å². The maximum atomic E-state index is 3.95. The van der Waals surface area contributed by atoms with Gasteiger partial charge in [-0.15, -0.1) is 10.2 Å². The van der Waals surface area contributed by atoms with E-state index in [9.17, 15) is 0 Å². The molecule has 2 heterocycles. The van der Waals surface area contributed by atoms with Crippen molar-refractivity contribution in [3.8, 4) is 5.82 Å². The summed E-state index contributed by atoms with van der Waals surface area (Å²) in [5.74, 6) is 0.760. The predicted molar refractivity (Wildman–Crippen MR) is 46.9 cm³/mol. The SMILES string of the molecule is Brc1ccc(-n2ccnc2)nn1. The lowest BCUT2D eigenvalue weighted by molar-refractivity contribution is 0.900. The molecule has 0 radical (unpaired) electrons. The molecule has 0 fully saturated rings. The standard InChI is InChI=1S/C7H5BrN4/c8-6-1-2-7(11-10-6)12-4-3-9-5-12/h1-5H. The highest BCUT2D eigenvalue weighted by Crippen LogP contribution is 2.06. The molecule has 0 bridgehead atoms. The highest BCUT2D eigenvalue weighted by Gasteiger charge is 1.96. The summed E-state index contributed by atoms with van der Waals surface area (Å²) >= 11 is 3.21. The Morgan fingerprint density at radius 3 is 2.75 bits per heavy atom. The number of halogens is 1. The zero-order valence-corrected chi connectivity index (χ0v) is 7.64. The first-order chi connectivity index (χ1) is 5.86. The van der Waals surface area contributed by atoms with Crippen molar-refractivity contribution in [1.82, 2.24) is 19.7 Å². The first kappa shape index (κ1) is 7.42. The van der Waals surface area contributed by atoms with Gasteiger partial charge in [0.05, 0.1) is 0 Å². The summed E-state index contributed by atoms with van der Waals surface area (Å²) in [7, 11) is 0. The zero-order valence-electron chi connectivity index (χ0n) is 6.05. The fourth-order valence-corrected chi connectivity index (χ4v) is 1.05. The van der Waals surface area contributed by atoms with Gasteiger partial charge in [0.15, 0.2) is 5.82 Å². The first-order valence-corrected chi connectivity index (χ1v) is 4.13. The maximum absolute atomic E-state index is 3.95. The van der Waals surface area contributed by atoms with Crippen LogP contribution in [0.2, 0.25) is 0 Å². The van der Waals surface area contributed by atoms with Gasteiger partial charge in [-0.25, -0.2) is 4.98 Å². The van der Waals surface area contributed by atoms with E-state index in [2.05, 4.69) is 31.1 Å². The Morgan fingerprint density at radius 2 is 2.17 bits per heavy atom. The van der Waals surface area contributed by atoms with E-state index >= 15 is 0 Å². The van der Waals surface area contributed by atoms with E-state index in [-0.39, 0.29) is 0 Å². The topological polar surface area (TPSA) is 43.6 Å². The zero-order chi connectivity index (χ0) is 8.39. The Morgan fingerprint density at radius 1 is 1.25 bits per heavy atom. The van der Waals surface area contributed by atoms with Crippen molar-refractivity contribution in [2.45, 2.75) is 0 Å². The van der Waals surface area contributed by atoms with Gasteiger partial charge in [-0.2, -0.15) is 0 Å². The van der Waals surface area contributed by atoms with E-state index in [4.69, 9.17) is 0 Å². The lowest BCUT2D eigenvalue weighted by Gasteiger charge is -1.97. The van der Waals surface area contributed by atoms with Crippen LogP contribution in [0.5, 0.6) is 0 Å². The van der Waals surface area contributed by atoms with Crippen molar-refractivity contribution >= 4 is 15.9 Å². The van der Waals surface area contributed by atoms with Crippen molar-refractivity contribution < 1.29 is 0 Å². The van der Waals surface area contributed by atoms with E-state index in [0.29, 0.717) is 0 Å². The molecule has 5 heteroatoms. The van der Waals surface area contributed by atoms with Crippen LogP contribution in [0, 0.1) is 0 Å². The molecule has 0 aromatic carbocycles. The van der Waals surface area contributed by atoms with E-state index in [1.165, 1.54) is 0 Å². The molecule has 0 aliphatic carbocycles. The van der Waals surface area contributed by atoms with Crippen molar-refractivity contribution in [2.24, 2.45) is 0 Å². The minimum atomic E-state index is 0.728. The predicted octanol–water partition coefficient (Wildman–Crippen LogP) is 1.42. The molecule has 0 amide bonds. The van der Waals surface area contributed by atoms with Gasteiger partial charge in [-0.1, -0.05) is 0 Å². The molecule has 0 unspecified atom stereocenters. The van der Waals surface area contributed by atoms with Crippen molar-refractivity contribution in [2.75, 3.05) is 0 Å². The van der Waals surface area contributed by atoms with E-state index in [1.807, 2.05) is 18.3 Å². The fourth-order valence-electron chi connectivity index (χ4n) is 0.841. The van der Waals surface area contributed by atoms with Crippen molar-refractivity contribution in [3.05, 3.63) is 35.5 Å². The largest absolute Gasteiger partial charge is 0.289 e. The third-order valence-corrected chi connectivity index (χ3v) is 1.81. The van der Waals surface area contributed by atoms with E-state index in [0.717, 1.165) is 10.4 Å². The number of imidazole rings is 1. The van der Waals surface area contributed by atoms with Crippen LogP contribution in [-0.4, -0.2) is 19.7 Å². The average molecular weight is 225 g/mol. The molecule has 0 saturated carbocycles. The number of rotatable bonds is 1. The average Bonchev–Trinajstić information content (AvgIpc) is 2.58. The second-order valence-corrected chi connectivity index (χ2v) is 3.00. The minimum Gasteiger partial charge on any atom is -0.289 e. The number of hydrogen-bond donors (Lipinski definition) is 0. The molecule has 0 aliphatic rings. The molecule has 12 heavy (non-hydrogen) atoms. The summed E-state index contributed by atoms with van der Waals surface area (Å²) in [4.78, 5) is 3.90. The van der Waals surface area contributed by atoms with Crippen LogP contribution in [0.15, 0.2) is 35.5 Å². The second kappa shape index (κ2) is 3.02. The Labute approximate surface area is 77.4 Å². The number of aromatic nitrogens is 4. The lowest BCUT2D eigenvalue weighted by atomic mass is 10.5. The van der Waals surface area contributed by atoms with E-state index < -0.39 is 0 Å². The molecule has 4 nitrogen and oxygen atoms in total. The van der Waals surface area contributed by atoms with Crippen LogP contribution in [0.3, 0.4) is 0 Å². The molecule has 60 valence electrons. The Bertz CT molecular complexity index is 353. The van der Waals surface area contributed by atoms with Crippen molar-refractivity contribution in [3.63, 3.8) is 0 Å². The van der Waals surface area contributed by atoms with Gasteiger partial charge in [0.2, 0.25) is 0 Å². The van der Waals surface area contributed by atoms with Gasteiger partial charge in [0.1, 0.15) is 10.9 Å². The molecule has 2 aromatic rings. The molecule has 0 N–H and O–H groups in total. The van der Waals surface area contributed by atoms with Crippen LogP contribution < -0.4 is 0 Å². The normalized spacial score (nSPS) is 10.1. The minimum absolute atomic E-state index is 0.728. The second-order valence-electron chi connectivity index (χ2n) is 2.18. The highest BCUT2D eigenvalue weighted by atomic mass is 79.9. The summed E-state index contributed by atoms with van der Waals surface area (Å²) in [5.41, 5.74) is 0. The molecule has 0 saturated heterocycles. The van der Waals surface area contributed by atoms with Gasteiger partial charge in [0, 0.05) is 12.4 Å². The van der Waals surface area contributed by atoms with Crippen LogP contribution in [0.1, 0.15) is 0 Å².